The van der Waals surface area contributed by atoms with Crippen LogP contribution >= 0.6 is 24.2 Å². The molecule has 0 saturated heterocycles. The van der Waals surface area contributed by atoms with Gasteiger partial charge in [-0.15, -0.1) is 24.2 Å². The summed E-state index contributed by atoms with van der Waals surface area (Å²) in [6.45, 7) is 4.04. The summed E-state index contributed by atoms with van der Waals surface area (Å²) in [4.78, 5) is 13.0. The highest BCUT2D eigenvalue weighted by Crippen LogP contribution is 2.36. The molecule has 2 aromatic rings. The number of hydrogen-bond acceptors (Lipinski definition) is 3. The Labute approximate surface area is 152 Å². The Morgan fingerprint density at radius 1 is 1.17 bits per heavy atom. The summed E-state index contributed by atoms with van der Waals surface area (Å²) in [5.74, 6) is -0.506. The smallest absolute Gasteiger partial charge is 0.238 e. The molecule has 0 heterocycles. The number of benzene rings is 2. The Hall–Kier alpha value is -1.56. The minimum Gasteiger partial charge on any atom is -0.353 e. The molecule has 24 heavy (non-hydrogen) atoms. The Morgan fingerprint density at radius 3 is 2.33 bits per heavy atom. The summed E-state index contributed by atoms with van der Waals surface area (Å²) < 4.78 is 13.9. The summed E-state index contributed by atoms with van der Waals surface area (Å²) >= 11 is 1.20. The lowest BCUT2D eigenvalue weighted by atomic mass is 10.1. The van der Waals surface area contributed by atoms with Gasteiger partial charge in [-0.1, -0.05) is 42.5 Å². The molecule has 2 aromatic carbocycles. The average Bonchev–Trinajstić information content (AvgIpc) is 2.52. The molecule has 1 atom stereocenters. The number of amides is 1. The summed E-state index contributed by atoms with van der Waals surface area (Å²) in [6.07, 6.45) is 0. The van der Waals surface area contributed by atoms with Gasteiger partial charge in [-0.25, -0.2) is 4.39 Å². The van der Waals surface area contributed by atoms with E-state index in [9.17, 15) is 9.18 Å². The lowest BCUT2D eigenvalue weighted by Crippen LogP contribution is -2.46. The molecule has 0 aliphatic heterocycles. The zero-order chi connectivity index (χ0) is 16.9. The molecule has 0 spiro atoms. The fraction of sp³-hybridized carbons (Fsp3) is 0.278. The van der Waals surface area contributed by atoms with Crippen molar-refractivity contribution in [1.29, 1.82) is 0 Å². The zero-order valence-electron chi connectivity index (χ0n) is 13.7. The number of nitrogens with two attached hydrogens (primary N) is 1. The molecule has 3 N–H and O–H groups in total. The van der Waals surface area contributed by atoms with Gasteiger partial charge in [-0.05, 0) is 31.5 Å². The van der Waals surface area contributed by atoms with Crippen LogP contribution in [0, 0.1) is 5.82 Å². The highest BCUT2D eigenvalue weighted by molar-refractivity contribution is 8.00. The second-order valence-corrected chi connectivity index (χ2v) is 7.19. The van der Waals surface area contributed by atoms with E-state index in [0.717, 1.165) is 5.56 Å². The molecule has 1 unspecified atom stereocenters. The lowest BCUT2D eigenvalue weighted by molar-refractivity contribution is -0.120. The SMILES string of the molecule is CC(C)(N)CNC(=O)C(Sc1ccccc1F)c1ccccc1.Cl. The second kappa shape index (κ2) is 9.06. The van der Waals surface area contributed by atoms with Gasteiger partial charge in [-0.2, -0.15) is 0 Å². The quantitative estimate of drug-likeness (QED) is 0.759. The largest absolute Gasteiger partial charge is 0.353 e. The Kier molecular flexibility index (Phi) is 7.73. The van der Waals surface area contributed by atoms with E-state index >= 15 is 0 Å². The number of hydrogen-bond donors (Lipinski definition) is 2. The van der Waals surface area contributed by atoms with Crippen molar-refractivity contribution in [2.24, 2.45) is 5.73 Å². The maximum atomic E-state index is 13.9. The minimum atomic E-state index is -0.532. The van der Waals surface area contributed by atoms with Gasteiger partial charge in [0.15, 0.2) is 0 Å². The first-order chi connectivity index (χ1) is 10.9. The fourth-order valence-corrected chi connectivity index (χ4v) is 3.05. The van der Waals surface area contributed by atoms with Crippen LogP contribution in [0.3, 0.4) is 0 Å². The summed E-state index contributed by atoms with van der Waals surface area (Å²) in [5, 5.41) is 2.32. The van der Waals surface area contributed by atoms with Crippen LogP contribution in [0.15, 0.2) is 59.5 Å². The molecule has 0 saturated carbocycles. The predicted octanol–water partition coefficient (Wildman–Crippen LogP) is 3.93. The van der Waals surface area contributed by atoms with Crippen molar-refractivity contribution in [3.63, 3.8) is 0 Å². The van der Waals surface area contributed by atoms with E-state index in [1.165, 1.54) is 17.8 Å². The van der Waals surface area contributed by atoms with E-state index in [2.05, 4.69) is 5.32 Å². The highest BCUT2D eigenvalue weighted by atomic mass is 35.5. The standard InChI is InChI=1S/C18H21FN2OS.ClH/c1-18(2,20)12-21-17(22)16(13-8-4-3-5-9-13)23-15-11-7-6-10-14(15)19;/h3-11,16H,12,20H2,1-2H3,(H,21,22);1H. The van der Waals surface area contributed by atoms with Crippen molar-refractivity contribution >= 4 is 30.1 Å². The topological polar surface area (TPSA) is 55.1 Å². The van der Waals surface area contributed by atoms with Gasteiger partial charge in [-0.3, -0.25) is 4.79 Å². The van der Waals surface area contributed by atoms with Crippen LogP contribution in [0.1, 0.15) is 24.7 Å². The van der Waals surface area contributed by atoms with Gasteiger partial charge in [0.25, 0.3) is 0 Å². The Balaban J connectivity index is 0.00000288. The highest BCUT2D eigenvalue weighted by Gasteiger charge is 2.24. The molecule has 6 heteroatoms. The fourth-order valence-electron chi connectivity index (χ4n) is 1.98. The van der Waals surface area contributed by atoms with Crippen LogP contribution in [0.25, 0.3) is 0 Å². The van der Waals surface area contributed by atoms with E-state index < -0.39 is 10.8 Å². The van der Waals surface area contributed by atoms with Gasteiger partial charge < -0.3 is 11.1 Å². The van der Waals surface area contributed by atoms with E-state index in [4.69, 9.17) is 5.73 Å². The molecule has 130 valence electrons. The van der Waals surface area contributed by atoms with Gasteiger partial charge in [0, 0.05) is 17.0 Å². The van der Waals surface area contributed by atoms with Crippen LogP contribution in [0.4, 0.5) is 4.39 Å². The molecule has 0 aliphatic carbocycles. The molecule has 1 amide bonds. The first kappa shape index (κ1) is 20.5. The minimum absolute atomic E-state index is 0. The molecule has 0 radical (unpaired) electrons. The van der Waals surface area contributed by atoms with Crippen LogP contribution in [0.2, 0.25) is 0 Å². The van der Waals surface area contributed by atoms with E-state index in [-0.39, 0.29) is 24.1 Å². The first-order valence-corrected chi connectivity index (χ1v) is 8.27. The Morgan fingerprint density at radius 2 is 1.75 bits per heavy atom. The van der Waals surface area contributed by atoms with Crippen LogP contribution in [-0.2, 0) is 4.79 Å². The third-order valence-electron chi connectivity index (χ3n) is 3.14. The number of thioether (sulfide) groups is 1. The normalized spacial score (nSPS) is 12.2. The number of carbonyl (C=O) groups is 1. The summed E-state index contributed by atoms with van der Waals surface area (Å²) in [6, 6.07) is 15.8. The molecular weight excluding hydrogens is 347 g/mol. The molecule has 0 aliphatic rings. The third kappa shape index (κ3) is 6.15. The van der Waals surface area contributed by atoms with E-state index in [0.29, 0.717) is 11.4 Å². The number of rotatable bonds is 6. The lowest BCUT2D eigenvalue weighted by Gasteiger charge is -2.22. The van der Waals surface area contributed by atoms with Crippen LogP contribution < -0.4 is 11.1 Å². The Bertz CT molecular complexity index is 662. The van der Waals surface area contributed by atoms with Crippen LogP contribution in [0.5, 0.6) is 0 Å². The maximum Gasteiger partial charge on any atom is 0.238 e. The van der Waals surface area contributed by atoms with E-state index in [1.807, 2.05) is 44.2 Å². The first-order valence-electron chi connectivity index (χ1n) is 7.39. The number of carbonyl (C=O) groups excluding carboxylic acids is 1. The monoisotopic (exact) mass is 368 g/mol. The van der Waals surface area contributed by atoms with Crippen molar-refractivity contribution in [3.8, 4) is 0 Å². The molecular formula is C18H22ClFN2OS. The van der Waals surface area contributed by atoms with Gasteiger partial charge >= 0.3 is 0 Å². The summed E-state index contributed by atoms with van der Waals surface area (Å²) in [7, 11) is 0. The molecule has 0 fully saturated rings. The molecule has 3 nitrogen and oxygen atoms in total. The molecule has 2 rings (SSSR count). The second-order valence-electron chi connectivity index (χ2n) is 6.05. The summed E-state index contributed by atoms with van der Waals surface area (Å²) in [5.41, 5.74) is 6.24. The van der Waals surface area contributed by atoms with Crippen molar-refractivity contribution in [2.45, 2.75) is 29.5 Å². The van der Waals surface area contributed by atoms with Crippen molar-refractivity contribution in [1.82, 2.24) is 5.32 Å². The van der Waals surface area contributed by atoms with Crippen molar-refractivity contribution in [2.75, 3.05) is 6.54 Å². The third-order valence-corrected chi connectivity index (χ3v) is 4.45. The number of halogens is 2. The molecule has 0 aromatic heterocycles. The van der Waals surface area contributed by atoms with Gasteiger partial charge in [0.1, 0.15) is 11.1 Å². The van der Waals surface area contributed by atoms with Crippen LogP contribution in [-0.4, -0.2) is 18.0 Å². The van der Waals surface area contributed by atoms with Gasteiger partial charge in [0.05, 0.1) is 0 Å². The van der Waals surface area contributed by atoms with E-state index in [1.54, 1.807) is 18.2 Å². The zero-order valence-corrected chi connectivity index (χ0v) is 15.3. The maximum absolute atomic E-state index is 13.9. The molecule has 0 bridgehead atoms. The predicted molar refractivity (Wildman–Crippen MR) is 100.0 cm³/mol. The number of nitrogens with one attached hydrogen (secondary N) is 1. The van der Waals surface area contributed by atoms with Crippen molar-refractivity contribution < 1.29 is 9.18 Å². The van der Waals surface area contributed by atoms with Gasteiger partial charge in [0.2, 0.25) is 5.91 Å². The van der Waals surface area contributed by atoms with Crippen molar-refractivity contribution in [3.05, 3.63) is 66.0 Å². The average molecular weight is 369 g/mol.